The van der Waals surface area contributed by atoms with Gasteiger partial charge in [-0.05, 0) is 44.8 Å². The Bertz CT molecular complexity index is 559. The van der Waals surface area contributed by atoms with Gasteiger partial charge in [0.05, 0.1) is 11.4 Å². The molecule has 4 rings (SSSR count). The molecule has 0 aromatic rings. The largest absolute Gasteiger partial charge is 0.475 e. The summed E-state index contributed by atoms with van der Waals surface area (Å²) in [6.07, 6.45) is 12.9. The van der Waals surface area contributed by atoms with Crippen LogP contribution in [0.25, 0.3) is 0 Å². The van der Waals surface area contributed by atoms with Crippen LogP contribution in [0.1, 0.15) is 44.9 Å². The van der Waals surface area contributed by atoms with E-state index in [1.54, 1.807) is 11.8 Å². The maximum Gasteiger partial charge on any atom is 0.208 e. The molecule has 5 nitrogen and oxygen atoms in total. The van der Waals surface area contributed by atoms with Crippen LogP contribution in [0.4, 0.5) is 0 Å². The van der Waals surface area contributed by atoms with E-state index in [1.807, 2.05) is 11.3 Å². The number of hydrazine groups is 1. The van der Waals surface area contributed by atoms with E-state index in [0.717, 1.165) is 24.4 Å². The molecular formula is C17H24N4OS. The smallest absolute Gasteiger partial charge is 0.208 e. The van der Waals surface area contributed by atoms with E-state index in [-0.39, 0.29) is 17.5 Å². The first kappa shape index (κ1) is 15.3. The highest BCUT2D eigenvalue weighted by Gasteiger charge is 2.46. The van der Waals surface area contributed by atoms with Gasteiger partial charge < -0.3 is 4.74 Å². The van der Waals surface area contributed by atoms with Crippen LogP contribution in [-0.2, 0) is 4.74 Å². The summed E-state index contributed by atoms with van der Waals surface area (Å²) in [4.78, 5) is 4.89. The normalized spacial score (nSPS) is 34.4. The van der Waals surface area contributed by atoms with Crippen molar-refractivity contribution in [3.8, 4) is 6.07 Å². The Kier molecular flexibility index (Phi) is 4.25. The number of rotatable bonds is 4. The van der Waals surface area contributed by atoms with Crippen LogP contribution in [0.3, 0.4) is 0 Å². The lowest BCUT2D eigenvalue weighted by atomic mass is 9.98. The first-order valence-corrected chi connectivity index (χ1v) is 10.0. The monoisotopic (exact) mass is 332 g/mol. The number of allylic oxidation sites excluding steroid dienone is 1. The summed E-state index contributed by atoms with van der Waals surface area (Å²) in [5, 5.41) is 11.7. The first-order valence-electron chi connectivity index (χ1n) is 8.74. The second-order valence-corrected chi connectivity index (χ2v) is 7.89. The molecular weight excluding hydrogens is 308 g/mol. The molecule has 0 amide bonds. The third-order valence-corrected chi connectivity index (χ3v) is 6.11. The van der Waals surface area contributed by atoms with Gasteiger partial charge in [0.2, 0.25) is 5.88 Å². The van der Waals surface area contributed by atoms with E-state index >= 15 is 0 Å². The van der Waals surface area contributed by atoms with Gasteiger partial charge in [-0.3, -0.25) is 10.0 Å². The fourth-order valence-electron chi connectivity index (χ4n) is 3.71. The molecule has 124 valence electrons. The number of nitrogens with zero attached hydrogens (tertiary/aromatic N) is 3. The predicted octanol–water partition coefficient (Wildman–Crippen LogP) is 3.02. The van der Waals surface area contributed by atoms with Crippen molar-refractivity contribution in [2.45, 2.75) is 62.6 Å². The molecule has 1 N–H and O–H groups in total. The summed E-state index contributed by atoms with van der Waals surface area (Å²) < 4.78 is 6.37. The predicted molar refractivity (Wildman–Crippen MR) is 91.4 cm³/mol. The van der Waals surface area contributed by atoms with E-state index in [9.17, 15) is 5.26 Å². The van der Waals surface area contributed by atoms with Gasteiger partial charge in [-0.1, -0.05) is 6.42 Å². The molecule has 0 aromatic carbocycles. The molecule has 3 unspecified atom stereocenters. The van der Waals surface area contributed by atoms with Crippen molar-refractivity contribution >= 4 is 17.5 Å². The summed E-state index contributed by atoms with van der Waals surface area (Å²) in [7, 11) is 0. The van der Waals surface area contributed by atoms with Gasteiger partial charge in [0.15, 0.2) is 6.17 Å². The van der Waals surface area contributed by atoms with Crippen molar-refractivity contribution in [2.75, 3.05) is 6.26 Å². The lowest BCUT2D eigenvalue weighted by Gasteiger charge is -2.33. The molecule has 2 heterocycles. The van der Waals surface area contributed by atoms with Crippen LogP contribution in [0.2, 0.25) is 0 Å². The highest BCUT2D eigenvalue weighted by molar-refractivity contribution is 7.99. The average molecular weight is 332 g/mol. The average Bonchev–Trinajstić information content (AvgIpc) is 3.36. The Morgan fingerprint density at radius 1 is 1.30 bits per heavy atom. The van der Waals surface area contributed by atoms with Crippen LogP contribution in [-0.4, -0.2) is 34.6 Å². The van der Waals surface area contributed by atoms with Crippen molar-refractivity contribution in [1.82, 2.24) is 10.4 Å². The van der Waals surface area contributed by atoms with Crippen molar-refractivity contribution in [1.29, 1.82) is 5.26 Å². The summed E-state index contributed by atoms with van der Waals surface area (Å²) in [6, 6.07) is 2.45. The van der Waals surface area contributed by atoms with E-state index in [2.05, 4.69) is 17.6 Å². The third kappa shape index (κ3) is 2.97. The zero-order valence-electron chi connectivity index (χ0n) is 13.6. The van der Waals surface area contributed by atoms with Crippen molar-refractivity contribution in [2.24, 2.45) is 16.8 Å². The van der Waals surface area contributed by atoms with Gasteiger partial charge in [-0.15, -0.1) is 11.8 Å². The molecule has 0 aromatic heterocycles. The molecule has 3 atom stereocenters. The Balaban J connectivity index is 1.58. The van der Waals surface area contributed by atoms with Gasteiger partial charge >= 0.3 is 0 Å². The van der Waals surface area contributed by atoms with Gasteiger partial charge in [0.25, 0.3) is 0 Å². The molecule has 2 aliphatic carbocycles. The number of nitrogens with one attached hydrogen (secondary N) is 1. The number of fused-ring (bicyclic) bond motifs is 1. The maximum absolute atomic E-state index is 9.60. The van der Waals surface area contributed by atoms with E-state index in [4.69, 9.17) is 9.73 Å². The van der Waals surface area contributed by atoms with Crippen molar-refractivity contribution in [3.05, 3.63) is 12.0 Å². The molecule has 0 spiro atoms. The molecule has 6 heteroatoms. The highest BCUT2D eigenvalue weighted by atomic mass is 32.2. The SMILES string of the molecule is CSC1NN2C(OC3CCCCC3)=CC(C3CC3)=NC2C1C#N. The maximum atomic E-state index is 9.60. The Morgan fingerprint density at radius 3 is 2.74 bits per heavy atom. The standard InChI is InChI=1S/C17H24N4OS/c1-23-17-13(10-18)16-19-14(11-7-8-11)9-15(21(16)20-17)22-12-5-3-2-4-6-12/h9,11-13,16-17,20H,2-8H2,1H3. The zero-order valence-corrected chi connectivity index (χ0v) is 14.4. The number of thioether (sulfide) groups is 1. The zero-order chi connectivity index (χ0) is 15.8. The quantitative estimate of drug-likeness (QED) is 0.857. The fourth-order valence-corrected chi connectivity index (χ4v) is 4.42. The van der Waals surface area contributed by atoms with Gasteiger partial charge in [0.1, 0.15) is 12.0 Å². The van der Waals surface area contributed by atoms with E-state index < -0.39 is 0 Å². The Hall–Kier alpha value is -1.19. The first-order chi connectivity index (χ1) is 11.3. The second kappa shape index (κ2) is 6.37. The van der Waals surface area contributed by atoms with E-state index in [0.29, 0.717) is 12.0 Å². The third-order valence-electron chi connectivity index (χ3n) is 5.21. The lowest BCUT2D eigenvalue weighted by Crippen LogP contribution is -2.42. The molecule has 1 saturated heterocycles. The molecule has 3 fully saturated rings. The Morgan fingerprint density at radius 2 is 2.09 bits per heavy atom. The number of hydrogen-bond donors (Lipinski definition) is 1. The van der Waals surface area contributed by atoms with Crippen molar-refractivity contribution in [3.63, 3.8) is 0 Å². The summed E-state index contributed by atoms with van der Waals surface area (Å²) in [5.74, 6) is 1.32. The minimum absolute atomic E-state index is 0.0747. The summed E-state index contributed by atoms with van der Waals surface area (Å²) >= 11 is 1.68. The minimum atomic E-state index is -0.142. The molecule has 2 aliphatic heterocycles. The fraction of sp³-hybridized carbons (Fsp3) is 0.765. The van der Waals surface area contributed by atoms with Crippen LogP contribution >= 0.6 is 11.8 Å². The molecule has 4 aliphatic rings. The minimum Gasteiger partial charge on any atom is -0.475 e. The highest BCUT2D eigenvalue weighted by Crippen LogP contribution is 2.39. The number of nitriles is 1. The summed E-state index contributed by atoms with van der Waals surface area (Å²) in [6.45, 7) is 0. The van der Waals surface area contributed by atoms with Crippen molar-refractivity contribution < 1.29 is 4.74 Å². The Labute approximate surface area is 142 Å². The second-order valence-electron chi connectivity index (χ2n) is 6.91. The number of hydrogen-bond acceptors (Lipinski definition) is 6. The van der Waals surface area contributed by atoms with Crippen LogP contribution in [0, 0.1) is 23.2 Å². The lowest BCUT2D eigenvalue weighted by molar-refractivity contribution is 0.00775. The molecule has 0 bridgehead atoms. The van der Waals surface area contributed by atoms with Crippen LogP contribution in [0.15, 0.2) is 17.0 Å². The van der Waals surface area contributed by atoms with Crippen LogP contribution in [0.5, 0.6) is 0 Å². The summed E-state index contributed by atoms with van der Waals surface area (Å²) in [5.41, 5.74) is 4.58. The van der Waals surface area contributed by atoms with Gasteiger partial charge in [-0.2, -0.15) is 5.26 Å². The molecule has 2 saturated carbocycles. The number of aliphatic imine (C=N–C) groups is 1. The van der Waals surface area contributed by atoms with Gasteiger partial charge in [-0.25, -0.2) is 5.43 Å². The van der Waals surface area contributed by atoms with Gasteiger partial charge in [0, 0.05) is 17.7 Å². The van der Waals surface area contributed by atoms with E-state index in [1.165, 1.54) is 32.1 Å². The number of ether oxygens (including phenoxy) is 1. The topological polar surface area (TPSA) is 60.6 Å². The molecule has 0 radical (unpaired) electrons. The van der Waals surface area contributed by atoms with Crippen LogP contribution < -0.4 is 5.43 Å². The molecule has 23 heavy (non-hydrogen) atoms.